The number of nitrogens with one attached hydrogen (secondary N) is 1. The maximum atomic E-state index is 13.1. The molecule has 2 rings (SSSR count). The molecule has 1 amide bonds. The van der Waals surface area contributed by atoms with Gasteiger partial charge < -0.3 is 10.2 Å². The summed E-state index contributed by atoms with van der Waals surface area (Å²) in [5.41, 5.74) is 0.923. The molecule has 1 aromatic carbocycles. The Labute approximate surface area is 130 Å². The van der Waals surface area contributed by atoms with E-state index in [1.807, 2.05) is 11.8 Å². The Bertz CT molecular complexity index is 489. The van der Waals surface area contributed by atoms with Crippen LogP contribution in [0.2, 0.25) is 5.02 Å². The van der Waals surface area contributed by atoms with Gasteiger partial charge in [0.2, 0.25) is 5.91 Å². The summed E-state index contributed by atoms with van der Waals surface area (Å²) in [6, 6.07) is 4.75. The number of carbonyl (C=O) groups is 1. The Morgan fingerprint density at radius 2 is 2.10 bits per heavy atom. The molecule has 0 spiro atoms. The van der Waals surface area contributed by atoms with Crippen molar-refractivity contribution in [2.24, 2.45) is 0 Å². The summed E-state index contributed by atoms with van der Waals surface area (Å²) in [5, 5.41) is 3.42. The van der Waals surface area contributed by atoms with E-state index in [2.05, 4.69) is 5.32 Å². The minimum atomic E-state index is -0.409. The molecular formula is C16H22ClFN2O. The van der Waals surface area contributed by atoms with Crippen LogP contribution in [0.15, 0.2) is 18.2 Å². The lowest BCUT2D eigenvalue weighted by Gasteiger charge is -2.27. The number of benzene rings is 1. The summed E-state index contributed by atoms with van der Waals surface area (Å²) in [7, 11) is 0. The Morgan fingerprint density at radius 1 is 1.38 bits per heavy atom. The molecule has 1 atom stereocenters. The van der Waals surface area contributed by atoms with Crippen molar-refractivity contribution in [2.45, 2.75) is 38.6 Å². The lowest BCUT2D eigenvalue weighted by molar-refractivity contribution is -0.132. The minimum absolute atomic E-state index is 0.0391. The lowest BCUT2D eigenvalue weighted by atomic mass is 10.1. The van der Waals surface area contributed by atoms with Crippen LogP contribution in [0.25, 0.3) is 0 Å². The minimum Gasteiger partial charge on any atom is -0.343 e. The van der Waals surface area contributed by atoms with E-state index in [1.54, 1.807) is 12.1 Å². The third-order valence-corrected chi connectivity index (χ3v) is 4.23. The van der Waals surface area contributed by atoms with Gasteiger partial charge >= 0.3 is 0 Å². The number of piperidine rings is 1. The van der Waals surface area contributed by atoms with Gasteiger partial charge in [0.25, 0.3) is 0 Å². The monoisotopic (exact) mass is 312 g/mol. The van der Waals surface area contributed by atoms with Crippen LogP contribution in [0.1, 0.15) is 44.2 Å². The second-order valence-corrected chi connectivity index (χ2v) is 5.95. The Hall–Kier alpha value is -1.13. The average Bonchev–Trinajstić information content (AvgIpc) is 2.50. The van der Waals surface area contributed by atoms with Crippen LogP contribution >= 0.6 is 11.6 Å². The molecule has 21 heavy (non-hydrogen) atoms. The molecule has 1 aliphatic rings. The van der Waals surface area contributed by atoms with Crippen LogP contribution in [0.3, 0.4) is 0 Å². The van der Waals surface area contributed by atoms with E-state index < -0.39 is 5.82 Å². The molecule has 0 bridgehead atoms. The summed E-state index contributed by atoms with van der Waals surface area (Å²) >= 11 is 5.78. The molecule has 1 N–H and O–H groups in total. The van der Waals surface area contributed by atoms with Crippen molar-refractivity contribution in [3.8, 4) is 0 Å². The predicted molar refractivity (Wildman–Crippen MR) is 82.9 cm³/mol. The first kappa shape index (κ1) is 16.2. The Morgan fingerprint density at radius 3 is 2.76 bits per heavy atom. The quantitative estimate of drug-likeness (QED) is 0.902. The highest BCUT2D eigenvalue weighted by Gasteiger charge is 2.16. The Balaban J connectivity index is 1.76. The van der Waals surface area contributed by atoms with E-state index in [-0.39, 0.29) is 17.0 Å². The zero-order valence-corrected chi connectivity index (χ0v) is 13.1. The molecule has 0 aromatic heterocycles. The summed E-state index contributed by atoms with van der Waals surface area (Å²) in [4.78, 5) is 14.0. The van der Waals surface area contributed by atoms with E-state index in [9.17, 15) is 9.18 Å². The summed E-state index contributed by atoms with van der Waals surface area (Å²) in [5.74, 6) is -0.195. The normalized spacial score (nSPS) is 16.8. The van der Waals surface area contributed by atoms with Crippen LogP contribution in [0.5, 0.6) is 0 Å². The van der Waals surface area contributed by atoms with E-state index in [0.717, 1.165) is 31.5 Å². The van der Waals surface area contributed by atoms with Crippen LogP contribution < -0.4 is 5.32 Å². The van der Waals surface area contributed by atoms with Crippen molar-refractivity contribution < 1.29 is 9.18 Å². The smallest absolute Gasteiger partial charge is 0.223 e. The van der Waals surface area contributed by atoms with Crippen molar-refractivity contribution in [1.82, 2.24) is 10.2 Å². The molecule has 1 aliphatic heterocycles. The SMILES string of the molecule is CC(NCCC(=O)N1CCCCC1)c1ccc(F)c(Cl)c1. The second kappa shape index (κ2) is 7.76. The molecule has 1 fully saturated rings. The number of halogens is 2. The van der Waals surface area contributed by atoms with Crippen molar-refractivity contribution >= 4 is 17.5 Å². The topological polar surface area (TPSA) is 32.3 Å². The van der Waals surface area contributed by atoms with Gasteiger partial charge in [0.15, 0.2) is 0 Å². The largest absolute Gasteiger partial charge is 0.343 e. The molecule has 5 heteroatoms. The zero-order valence-electron chi connectivity index (χ0n) is 12.4. The molecule has 1 heterocycles. The lowest BCUT2D eigenvalue weighted by Crippen LogP contribution is -2.37. The van der Waals surface area contributed by atoms with Crippen LogP contribution in [0, 0.1) is 5.82 Å². The fraction of sp³-hybridized carbons (Fsp3) is 0.562. The number of hydrogen-bond acceptors (Lipinski definition) is 2. The van der Waals surface area contributed by atoms with Crippen molar-refractivity contribution in [3.63, 3.8) is 0 Å². The van der Waals surface area contributed by atoms with E-state index in [0.29, 0.717) is 13.0 Å². The molecule has 1 unspecified atom stereocenters. The van der Waals surface area contributed by atoms with E-state index in [4.69, 9.17) is 11.6 Å². The first-order valence-corrected chi connectivity index (χ1v) is 7.92. The fourth-order valence-corrected chi connectivity index (χ4v) is 2.79. The molecule has 3 nitrogen and oxygen atoms in total. The van der Waals surface area contributed by atoms with Crippen molar-refractivity contribution in [3.05, 3.63) is 34.6 Å². The fourth-order valence-electron chi connectivity index (χ4n) is 2.60. The number of carbonyl (C=O) groups excluding carboxylic acids is 1. The number of rotatable bonds is 5. The summed E-state index contributed by atoms with van der Waals surface area (Å²) < 4.78 is 13.1. The van der Waals surface area contributed by atoms with E-state index >= 15 is 0 Å². The highest BCUT2D eigenvalue weighted by Crippen LogP contribution is 2.20. The third kappa shape index (κ3) is 4.68. The predicted octanol–water partition coefficient (Wildman–Crippen LogP) is 3.53. The molecule has 0 aliphatic carbocycles. The summed E-state index contributed by atoms with van der Waals surface area (Å²) in [6.07, 6.45) is 3.96. The number of likely N-dealkylation sites (tertiary alicyclic amines) is 1. The number of nitrogens with zero attached hydrogens (tertiary/aromatic N) is 1. The first-order chi connectivity index (χ1) is 10.1. The zero-order chi connectivity index (χ0) is 15.2. The van der Waals surface area contributed by atoms with Crippen LogP contribution in [-0.2, 0) is 4.79 Å². The molecule has 0 radical (unpaired) electrons. The van der Waals surface area contributed by atoms with Gasteiger partial charge in [-0.25, -0.2) is 4.39 Å². The number of amides is 1. The molecule has 0 saturated carbocycles. The highest BCUT2D eigenvalue weighted by molar-refractivity contribution is 6.30. The van der Waals surface area contributed by atoms with Crippen molar-refractivity contribution in [1.29, 1.82) is 0 Å². The third-order valence-electron chi connectivity index (χ3n) is 3.94. The van der Waals surface area contributed by atoms with Crippen LogP contribution in [0.4, 0.5) is 4.39 Å². The average molecular weight is 313 g/mol. The maximum absolute atomic E-state index is 13.1. The summed E-state index contributed by atoms with van der Waals surface area (Å²) in [6.45, 7) is 4.38. The van der Waals surface area contributed by atoms with Gasteiger partial charge in [0.05, 0.1) is 5.02 Å². The second-order valence-electron chi connectivity index (χ2n) is 5.54. The molecular weight excluding hydrogens is 291 g/mol. The first-order valence-electron chi connectivity index (χ1n) is 7.54. The Kier molecular flexibility index (Phi) is 6.00. The van der Waals surface area contributed by atoms with Gasteiger partial charge in [0.1, 0.15) is 5.82 Å². The molecule has 1 aromatic rings. The maximum Gasteiger partial charge on any atom is 0.223 e. The van der Waals surface area contributed by atoms with Gasteiger partial charge in [-0.3, -0.25) is 4.79 Å². The number of hydrogen-bond donors (Lipinski definition) is 1. The van der Waals surface area contributed by atoms with Gasteiger partial charge in [-0.15, -0.1) is 0 Å². The standard InChI is InChI=1S/C16H22ClFN2O/c1-12(13-5-6-15(18)14(17)11-13)19-8-7-16(21)20-9-3-2-4-10-20/h5-6,11-12,19H,2-4,7-10H2,1H3. The van der Waals surface area contributed by atoms with Gasteiger partial charge in [-0.2, -0.15) is 0 Å². The molecule has 1 saturated heterocycles. The highest BCUT2D eigenvalue weighted by atomic mass is 35.5. The van der Waals surface area contributed by atoms with Gasteiger partial charge in [0, 0.05) is 32.1 Å². The van der Waals surface area contributed by atoms with E-state index in [1.165, 1.54) is 12.5 Å². The van der Waals surface area contributed by atoms with Crippen molar-refractivity contribution in [2.75, 3.05) is 19.6 Å². The van der Waals surface area contributed by atoms with Gasteiger partial charge in [-0.05, 0) is 43.9 Å². The van der Waals surface area contributed by atoms with Gasteiger partial charge in [-0.1, -0.05) is 17.7 Å². The van der Waals surface area contributed by atoms with Crippen LogP contribution in [-0.4, -0.2) is 30.4 Å². The molecule has 116 valence electrons.